The zero-order valence-corrected chi connectivity index (χ0v) is 17.8. The van der Waals surface area contributed by atoms with Crippen molar-refractivity contribution in [1.82, 2.24) is 15.2 Å². The van der Waals surface area contributed by atoms with E-state index in [0.717, 1.165) is 5.56 Å². The molecule has 33 heavy (non-hydrogen) atoms. The van der Waals surface area contributed by atoms with Crippen molar-refractivity contribution < 1.29 is 19.2 Å². The maximum Gasteiger partial charge on any atom is 0.261 e. The molecule has 166 valence electrons. The summed E-state index contributed by atoms with van der Waals surface area (Å²) in [6, 6.07) is 17.3. The van der Waals surface area contributed by atoms with E-state index in [2.05, 4.69) is 15.6 Å². The molecule has 0 saturated heterocycles. The molecule has 2 heterocycles. The van der Waals surface area contributed by atoms with Gasteiger partial charge in [0.25, 0.3) is 17.7 Å². The molecular weight excluding hydrogens is 420 g/mol. The molecule has 0 spiro atoms. The summed E-state index contributed by atoms with van der Waals surface area (Å²) in [6.07, 6.45) is 3.66. The van der Waals surface area contributed by atoms with E-state index < -0.39 is 0 Å². The van der Waals surface area contributed by atoms with Crippen molar-refractivity contribution in [3.8, 4) is 0 Å². The number of hydrogen-bond donors (Lipinski definition) is 2. The fourth-order valence-corrected chi connectivity index (χ4v) is 3.55. The Morgan fingerprint density at radius 3 is 2.21 bits per heavy atom. The summed E-state index contributed by atoms with van der Waals surface area (Å²) in [6.45, 7) is 0.539. The Labute approximate surface area is 190 Å². The maximum absolute atomic E-state index is 12.4. The molecule has 2 aromatic carbocycles. The van der Waals surface area contributed by atoms with Crippen LogP contribution in [0.4, 0.5) is 5.69 Å². The molecule has 0 saturated carbocycles. The van der Waals surface area contributed by atoms with Gasteiger partial charge in [-0.25, -0.2) is 0 Å². The van der Waals surface area contributed by atoms with E-state index in [0.29, 0.717) is 35.3 Å². The Hall–Kier alpha value is -4.33. The van der Waals surface area contributed by atoms with Crippen LogP contribution in [0, 0.1) is 0 Å². The molecule has 1 aromatic heterocycles. The summed E-state index contributed by atoms with van der Waals surface area (Å²) in [5.41, 5.74) is 2.81. The number of anilines is 1. The predicted molar refractivity (Wildman–Crippen MR) is 122 cm³/mol. The van der Waals surface area contributed by atoms with Gasteiger partial charge in [0, 0.05) is 37.6 Å². The molecule has 0 aliphatic carbocycles. The van der Waals surface area contributed by atoms with Crippen LogP contribution in [0.2, 0.25) is 0 Å². The highest BCUT2D eigenvalue weighted by molar-refractivity contribution is 6.21. The highest BCUT2D eigenvalue weighted by Gasteiger charge is 2.34. The van der Waals surface area contributed by atoms with Crippen LogP contribution in [0.3, 0.4) is 0 Å². The zero-order valence-electron chi connectivity index (χ0n) is 17.8. The van der Waals surface area contributed by atoms with Gasteiger partial charge in [-0.3, -0.25) is 29.1 Å². The van der Waals surface area contributed by atoms with Gasteiger partial charge in [-0.1, -0.05) is 24.3 Å². The normalized spacial score (nSPS) is 12.4. The first kappa shape index (κ1) is 21.9. The van der Waals surface area contributed by atoms with Crippen molar-refractivity contribution in [3.05, 3.63) is 95.3 Å². The Morgan fingerprint density at radius 1 is 0.879 bits per heavy atom. The van der Waals surface area contributed by atoms with Crippen LogP contribution in [0.15, 0.2) is 73.1 Å². The number of imide groups is 1. The highest BCUT2D eigenvalue weighted by Crippen LogP contribution is 2.22. The van der Waals surface area contributed by atoms with Crippen molar-refractivity contribution in [2.45, 2.75) is 19.4 Å². The van der Waals surface area contributed by atoms with Gasteiger partial charge in [-0.05, 0) is 48.4 Å². The van der Waals surface area contributed by atoms with Crippen LogP contribution in [0.25, 0.3) is 0 Å². The number of amides is 4. The third-order valence-electron chi connectivity index (χ3n) is 5.28. The fraction of sp³-hybridized carbons (Fsp3) is 0.160. The third kappa shape index (κ3) is 5.12. The van der Waals surface area contributed by atoms with E-state index in [4.69, 9.17) is 0 Å². The minimum atomic E-state index is -0.317. The van der Waals surface area contributed by atoms with Crippen LogP contribution in [-0.2, 0) is 11.3 Å². The van der Waals surface area contributed by atoms with Gasteiger partial charge < -0.3 is 10.6 Å². The van der Waals surface area contributed by atoms with Gasteiger partial charge in [0.15, 0.2) is 0 Å². The lowest BCUT2D eigenvalue weighted by Crippen LogP contribution is -2.31. The van der Waals surface area contributed by atoms with Crippen LogP contribution in [0.1, 0.15) is 49.5 Å². The van der Waals surface area contributed by atoms with Crippen LogP contribution in [-0.4, -0.2) is 40.1 Å². The van der Waals surface area contributed by atoms with Crippen LogP contribution in [0.5, 0.6) is 0 Å². The molecule has 2 N–H and O–H groups in total. The third-order valence-corrected chi connectivity index (χ3v) is 5.28. The number of pyridine rings is 1. The minimum Gasteiger partial charge on any atom is -0.348 e. The number of carbonyl (C=O) groups excluding carboxylic acids is 4. The molecular formula is C25H22N4O4. The molecule has 4 amide bonds. The van der Waals surface area contributed by atoms with Crippen molar-refractivity contribution >= 4 is 29.3 Å². The molecule has 0 fully saturated rings. The number of fused-ring (bicyclic) bond motifs is 1. The number of nitrogens with one attached hydrogen (secondary N) is 2. The zero-order chi connectivity index (χ0) is 23.2. The molecule has 1 aliphatic rings. The number of aromatic nitrogens is 1. The number of rotatable bonds is 8. The second-order valence-corrected chi connectivity index (χ2v) is 7.58. The Bertz CT molecular complexity index is 1160. The van der Waals surface area contributed by atoms with Crippen molar-refractivity contribution in [2.75, 3.05) is 11.9 Å². The predicted octanol–water partition coefficient (Wildman–Crippen LogP) is 3.03. The largest absolute Gasteiger partial charge is 0.348 e. The molecule has 8 nitrogen and oxygen atoms in total. The molecule has 4 rings (SSSR count). The van der Waals surface area contributed by atoms with Crippen LogP contribution >= 0.6 is 0 Å². The first-order valence-corrected chi connectivity index (χ1v) is 10.5. The monoisotopic (exact) mass is 442 g/mol. The molecule has 0 bridgehead atoms. The molecule has 3 aromatic rings. The lowest BCUT2D eigenvalue weighted by molar-refractivity contribution is -0.116. The number of benzene rings is 2. The average Bonchev–Trinajstić information content (AvgIpc) is 3.09. The number of carbonyl (C=O) groups is 4. The lowest BCUT2D eigenvalue weighted by atomic mass is 10.1. The molecule has 8 heteroatoms. The quantitative estimate of drug-likeness (QED) is 0.522. The Balaban J connectivity index is 1.21. The summed E-state index contributed by atoms with van der Waals surface area (Å²) >= 11 is 0. The standard InChI is InChI=1S/C25H22N4O4/c30-22(8-4-14-29-24(32)20-6-1-2-7-21(20)25(29)33)28-19-11-9-17(10-12-19)15-27-23(31)18-5-3-13-26-16-18/h1-3,5-7,9-13,16H,4,8,14-15H2,(H,27,31)(H,28,30). The van der Waals surface area contributed by atoms with Gasteiger partial charge in [-0.2, -0.15) is 0 Å². The van der Waals surface area contributed by atoms with Gasteiger partial charge in [-0.15, -0.1) is 0 Å². The molecule has 0 unspecified atom stereocenters. The second-order valence-electron chi connectivity index (χ2n) is 7.58. The fourth-order valence-electron chi connectivity index (χ4n) is 3.55. The van der Waals surface area contributed by atoms with E-state index in [1.807, 2.05) is 12.1 Å². The summed E-state index contributed by atoms with van der Waals surface area (Å²) in [5, 5.41) is 5.62. The number of nitrogens with zero attached hydrogens (tertiary/aromatic N) is 2. The first-order valence-electron chi connectivity index (χ1n) is 10.5. The summed E-state index contributed by atoms with van der Waals surface area (Å²) in [5.74, 6) is -1.05. The van der Waals surface area contributed by atoms with Gasteiger partial charge >= 0.3 is 0 Å². The smallest absolute Gasteiger partial charge is 0.261 e. The molecule has 1 aliphatic heterocycles. The first-order chi connectivity index (χ1) is 16.0. The van der Waals surface area contributed by atoms with Gasteiger partial charge in [0.1, 0.15) is 0 Å². The second kappa shape index (κ2) is 9.86. The summed E-state index contributed by atoms with van der Waals surface area (Å²) in [4.78, 5) is 54.2. The van der Waals surface area contributed by atoms with E-state index in [1.165, 1.54) is 11.1 Å². The van der Waals surface area contributed by atoms with E-state index in [1.54, 1.807) is 54.7 Å². The van der Waals surface area contributed by atoms with Crippen molar-refractivity contribution in [1.29, 1.82) is 0 Å². The van der Waals surface area contributed by atoms with E-state index in [9.17, 15) is 19.2 Å². The topological polar surface area (TPSA) is 108 Å². The highest BCUT2D eigenvalue weighted by atomic mass is 16.2. The van der Waals surface area contributed by atoms with E-state index in [-0.39, 0.29) is 36.6 Å². The maximum atomic E-state index is 12.4. The number of hydrogen-bond acceptors (Lipinski definition) is 5. The molecule has 0 atom stereocenters. The van der Waals surface area contributed by atoms with Gasteiger partial charge in [0.05, 0.1) is 16.7 Å². The summed E-state index contributed by atoms with van der Waals surface area (Å²) in [7, 11) is 0. The summed E-state index contributed by atoms with van der Waals surface area (Å²) < 4.78 is 0. The minimum absolute atomic E-state index is 0.177. The SMILES string of the molecule is O=C(CCCN1C(=O)c2ccccc2C1=O)Nc1ccc(CNC(=O)c2cccnc2)cc1. The van der Waals surface area contributed by atoms with Crippen molar-refractivity contribution in [2.24, 2.45) is 0 Å². The lowest BCUT2D eigenvalue weighted by Gasteiger charge is -2.13. The van der Waals surface area contributed by atoms with Gasteiger partial charge in [0.2, 0.25) is 5.91 Å². The van der Waals surface area contributed by atoms with Crippen LogP contribution < -0.4 is 10.6 Å². The average molecular weight is 442 g/mol. The van der Waals surface area contributed by atoms with E-state index >= 15 is 0 Å². The molecule has 0 radical (unpaired) electrons. The Kier molecular flexibility index (Phi) is 6.54. The van der Waals surface area contributed by atoms with Crippen molar-refractivity contribution in [3.63, 3.8) is 0 Å². The Morgan fingerprint density at radius 2 is 1.58 bits per heavy atom.